The van der Waals surface area contributed by atoms with Gasteiger partial charge in [-0.3, -0.25) is 4.98 Å². The number of fused-ring (bicyclic) bond motifs is 1. The fourth-order valence-corrected chi connectivity index (χ4v) is 3.22. The predicted molar refractivity (Wildman–Crippen MR) is 109 cm³/mol. The smallest absolute Gasteiger partial charge is 0.340 e. The van der Waals surface area contributed by atoms with Crippen molar-refractivity contribution in [3.05, 3.63) is 53.3 Å². The van der Waals surface area contributed by atoms with E-state index in [1.165, 1.54) is 13.3 Å². The number of nitrogens with zero attached hydrogens (tertiary/aromatic N) is 1. The number of pyridine rings is 1. The molecule has 0 unspecified atom stereocenters. The number of ether oxygens (including phenoxy) is 5. The number of hydrogen-bond donors (Lipinski definition) is 0. The van der Waals surface area contributed by atoms with Crippen molar-refractivity contribution in [3.63, 3.8) is 0 Å². The summed E-state index contributed by atoms with van der Waals surface area (Å²) in [6.07, 6.45) is 2.05. The highest BCUT2D eigenvalue weighted by Gasteiger charge is 2.18. The fraction of sp³-hybridized carbons (Fsp3) is 0.273. The van der Waals surface area contributed by atoms with Crippen molar-refractivity contribution in [2.75, 3.05) is 35.5 Å². The second kappa shape index (κ2) is 8.68. The van der Waals surface area contributed by atoms with E-state index in [-0.39, 0.29) is 0 Å². The van der Waals surface area contributed by atoms with E-state index in [0.717, 1.165) is 16.6 Å². The molecule has 0 atom stereocenters. The van der Waals surface area contributed by atoms with E-state index < -0.39 is 5.97 Å². The maximum Gasteiger partial charge on any atom is 0.340 e. The van der Waals surface area contributed by atoms with Gasteiger partial charge in [-0.2, -0.15) is 0 Å². The number of benzene rings is 2. The Bertz CT molecular complexity index is 1050. The number of carbonyl (C=O) groups excluding carboxylic acids is 1. The number of carbonyl (C=O) groups is 1. The van der Waals surface area contributed by atoms with Gasteiger partial charge in [0.25, 0.3) is 0 Å². The highest BCUT2D eigenvalue weighted by Crippen LogP contribution is 2.36. The Morgan fingerprint density at radius 1 is 0.793 bits per heavy atom. The van der Waals surface area contributed by atoms with Crippen molar-refractivity contribution in [2.45, 2.75) is 6.42 Å². The van der Waals surface area contributed by atoms with E-state index in [1.54, 1.807) is 34.5 Å². The van der Waals surface area contributed by atoms with Gasteiger partial charge in [0.15, 0.2) is 23.0 Å². The topological polar surface area (TPSA) is 76.1 Å². The fourth-order valence-electron chi connectivity index (χ4n) is 3.22. The second-order valence-corrected chi connectivity index (χ2v) is 6.23. The third-order valence-electron chi connectivity index (χ3n) is 4.70. The van der Waals surface area contributed by atoms with Gasteiger partial charge in [-0.25, -0.2) is 4.79 Å². The van der Waals surface area contributed by atoms with Gasteiger partial charge in [-0.1, -0.05) is 6.07 Å². The molecule has 0 saturated heterocycles. The molecule has 3 aromatic rings. The first-order chi connectivity index (χ1) is 14.1. The molecule has 29 heavy (non-hydrogen) atoms. The molecule has 0 saturated carbocycles. The Balaban J connectivity index is 2.16. The molecule has 2 aromatic carbocycles. The monoisotopic (exact) mass is 397 g/mol. The quantitative estimate of drug-likeness (QED) is 0.563. The number of hydrogen-bond acceptors (Lipinski definition) is 7. The maximum absolute atomic E-state index is 12.2. The van der Waals surface area contributed by atoms with Gasteiger partial charge in [0, 0.05) is 23.4 Å². The number of rotatable bonds is 7. The molecule has 152 valence electrons. The lowest BCUT2D eigenvalue weighted by Crippen LogP contribution is -2.06. The van der Waals surface area contributed by atoms with Crippen LogP contribution in [0, 0.1) is 0 Å². The summed E-state index contributed by atoms with van der Waals surface area (Å²) >= 11 is 0. The van der Waals surface area contributed by atoms with Crippen LogP contribution in [0.4, 0.5) is 0 Å². The lowest BCUT2D eigenvalue weighted by Gasteiger charge is -2.14. The van der Waals surface area contributed by atoms with Crippen LogP contribution in [-0.2, 0) is 11.2 Å². The van der Waals surface area contributed by atoms with Gasteiger partial charge in [0.05, 0.1) is 46.8 Å². The van der Waals surface area contributed by atoms with Gasteiger partial charge in [-0.15, -0.1) is 0 Å². The normalized spacial score (nSPS) is 10.5. The first kappa shape index (κ1) is 20.3. The molecule has 0 N–H and O–H groups in total. The summed E-state index contributed by atoms with van der Waals surface area (Å²) in [6.45, 7) is 0. The largest absolute Gasteiger partial charge is 0.493 e. The molecule has 3 rings (SSSR count). The molecular formula is C22H23NO6. The molecule has 0 aliphatic rings. The van der Waals surface area contributed by atoms with Crippen LogP contribution in [0.15, 0.2) is 36.5 Å². The summed E-state index contributed by atoms with van der Waals surface area (Å²) in [5, 5.41) is 1.46. The summed E-state index contributed by atoms with van der Waals surface area (Å²) in [7, 11) is 7.64. The minimum absolute atomic E-state index is 0.361. The van der Waals surface area contributed by atoms with Crippen LogP contribution in [0.3, 0.4) is 0 Å². The van der Waals surface area contributed by atoms with Gasteiger partial charge in [0.2, 0.25) is 0 Å². The number of esters is 1. The molecule has 0 spiro atoms. The Kier molecular flexibility index (Phi) is 6.07. The predicted octanol–water partition coefficient (Wildman–Crippen LogP) is 3.65. The number of aromatic nitrogens is 1. The molecular weight excluding hydrogens is 374 g/mol. The summed E-state index contributed by atoms with van der Waals surface area (Å²) < 4.78 is 26.4. The Hall–Kier alpha value is -3.48. The van der Waals surface area contributed by atoms with Crippen molar-refractivity contribution in [1.29, 1.82) is 0 Å². The van der Waals surface area contributed by atoms with Crippen LogP contribution in [-0.4, -0.2) is 46.5 Å². The summed E-state index contributed by atoms with van der Waals surface area (Å²) in [5.41, 5.74) is 2.12. The molecule has 0 amide bonds. The van der Waals surface area contributed by atoms with Crippen molar-refractivity contribution in [1.82, 2.24) is 4.98 Å². The molecule has 0 radical (unpaired) electrons. The van der Waals surface area contributed by atoms with E-state index in [1.807, 2.05) is 24.3 Å². The van der Waals surface area contributed by atoms with Crippen molar-refractivity contribution in [3.8, 4) is 23.0 Å². The Morgan fingerprint density at radius 2 is 1.38 bits per heavy atom. The minimum Gasteiger partial charge on any atom is -0.493 e. The van der Waals surface area contributed by atoms with E-state index in [9.17, 15) is 4.79 Å². The molecule has 0 aliphatic heterocycles. The third kappa shape index (κ3) is 3.89. The molecule has 1 heterocycles. The zero-order valence-corrected chi connectivity index (χ0v) is 17.1. The van der Waals surface area contributed by atoms with Crippen molar-refractivity contribution < 1.29 is 28.5 Å². The SMILES string of the molecule is COC(=O)c1cnc(Cc2ccc(OC)c(OC)c2)c2cc(OC)c(OC)cc12. The molecule has 7 nitrogen and oxygen atoms in total. The molecule has 0 bridgehead atoms. The van der Waals surface area contributed by atoms with Crippen molar-refractivity contribution >= 4 is 16.7 Å². The molecule has 1 aromatic heterocycles. The standard InChI is InChI=1S/C22H23NO6/c1-25-18-7-6-13(9-19(18)26-2)8-17-15-11-21(28-4)20(27-3)10-14(15)16(12-23-17)22(24)29-5/h6-7,9-12H,8H2,1-5H3. The van der Waals surface area contributed by atoms with E-state index >= 15 is 0 Å². The zero-order chi connectivity index (χ0) is 21.0. The van der Waals surface area contributed by atoms with Crippen LogP contribution in [0.5, 0.6) is 23.0 Å². The third-order valence-corrected chi connectivity index (χ3v) is 4.70. The molecule has 7 heteroatoms. The first-order valence-electron chi connectivity index (χ1n) is 8.89. The maximum atomic E-state index is 12.2. The van der Waals surface area contributed by atoms with E-state index in [4.69, 9.17) is 23.7 Å². The number of methoxy groups -OCH3 is 5. The second-order valence-electron chi connectivity index (χ2n) is 6.23. The van der Waals surface area contributed by atoms with Gasteiger partial charge in [0.1, 0.15) is 0 Å². The molecule has 0 fully saturated rings. The highest BCUT2D eigenvalue weighted by molar-refractivity contribution is 6.05. The van der Waals surface area contributed by atoms with Gasteiger partial charge >= 0.3 is 5.97 Å². The summed E-state index contributed by atoms with van der Waals surface area (Å²) in [4.78, 5) is 16.8. The zero-order valence-electron chi connectivity index (χ0n) is 17.1. The average Bonchev–Trinajstić information content (AvgIpc) is 2.77. The highest BCUT2D eigenvalue weighted by atomic mass is 16.5. The Morgan fingerprint density at radius 3 is 1.97 bits per heavy atom. The minimum atomic E-state index is -0.465. The van der Waals surface area contributed by atoms with Crippen LogP contribution in [0.1, 0.15) is 21.6 Å². The lowest BCUT2D eigenvalue weighted by atomic mass is 9.99. The van der Waals surface area contributed by atoms with Gasteiger partial charge < -0.3 is 23.7 Å². The lowest BCUT2D eigenvalue weighted by molar-refractivity contribution is 0.0602. The average molecular weight is 397 g/mol. The van der Waals surface area contributed by atoms with Crippen molar-refractivity contribution in [2.24, 2.45) is 0 Å². The van der Waals surface area contributed by atoms with Crippen LogP contribution in [0.25, 0.3) is 10.8 Å². The summed E-state index contributed by atoms with van der Waals surface area (Å²) in [5.74, 6) is 1.90. The summed E-state index contributed by atoms with van der Waals surface area (Å²) in [6, 6.07) is 9.29. The Labute approximate surface area is 169 Å². The van der Waals surface area contributed by atoms with Crippen LogP contribution in [0.2, 0.25) is 0 Å². The van der Waals surface area contributed by atoms with E-state index in [0.29, 0.717) is 40.4 Å². The van der Waals surface area contributed by atoms with Crippen LogP contribution < -0.4 is 18.9 Å². The van der Waals surface area contributed by atoms with Crippen LogP contribution >= 0.6 is 0 Å². The molecule has 0 aliphatic carbocycles. The van der Waals surface area contributed by atoms with Gasteiger partial charge in [-0.05, 0) is 29.8 Å². The first-order valence-corrected chi connectivity index (χ1v) is 8.89. The van der Waals surface area contributed by atoms with E-state index in [2.05, 4.69) is 4.98 Å².